The maximum atomic E-state index is 6.51. The van der Waals surface area contributed by atoms with E-state index in [2.05, 4.69) is 11.8 Å². The van der Waals surface area contributed by atoms with Crippen LogP contribution in [0.25, 0.3) is 0 Å². The molecule has 0 radical (unpaired) electrons. The van der Waals surface area contributed by atoms with Gasteiger partial charge < -0.3 is 5.73 Å². The van der Waals surface area contributed by atoms with E-state index in [4.69, 9.17) is 5.73 Å². The smallest absolute Gasteiger partial charge is 0.0360 e. The number of likely N-dealkylation sites (tertiary alicyclic amines) is 1. The monoisotopic (exact) mass is 224 g/mol. The van der Waals surface area contributed by atoms with Gasteiger partial charge in [-0.25, -0.2) is 0 Å². The van der Waals surface area contributed by atoms with Crippen molar-refractivity contribution in [3.8, 4) is 0 Å². The second-order valence-corrected chi connectivity index (χ2v) is 5.75. The summed E-state index contributed by atoms with van der Waals surface area (Å²) in [5, 5.41) is 0. The molecule has 2 nitrogen and oxygen atoms in total. The molecule has 2 rings (SSSR count). The van der Waals surface area contributed by atoms with Crippen molar-refractivity contribution in [2.24, 2.45) is 5.73 Å². The molecule has 2 N–H and O–H groups in total. The highest BCUT2D eigenvalue weighted by Crippen LogP contribution is 2.40. The van der Waals surface area contributed by atoms with Crippen molar-refractivity contribution in [1.82, 2.24) is 4.90 Å². The Labute approximate surface area is 101 Å². The first kappa shape index (κ1) is 12.4. The quantitative estimate of drug-likeness (QED) is 0.795. The van der Waals surface area contributed by atoms with Gasteiger partial charge in [0.1, 0.15) is 0 Å². The fourth-order valence-electron chi connectivity index (χ4n) is 3.83. The van der Waals surface area contributed by atoms with Crippen molar-refractivity contribution in [3.05, 3.63) is 0 Å². The van der Waals surface area contributed by atoms with Crippen LogP contribution in [0.15, 0.2) is 0 Å². The Morgan fingerprint density at radius 1 is 1.06 bits per heavy atom. The van der Waals surface area contributed by atoms with E-state index in [1.807, 2.05) is 0 Å². The first-order valence-electron chi connectivity index (χ1n) is 7.30. The van der Waals surface area contributed by atoms with E-state index in [-0.39, 0.29) is 0 Å². The molecule has 1 heterocycles. The largest absolute Gasteiger partial charge is 0.326 e. The number of nitrogens with zero attached hydrogens (tertiary/aromatic N) is 1. The summed E-state index contributed by atoms with van der Waals surface area (Å²) in [5.74, 6) is 0. The van der Waals surface area contributed by atoms with E-state index in [1.54, 1.807) is 0 Å². The molecule has 1 aliphatic carbocycles. The van der Waals surface area contributed by atoms with Crippen LogP contribution in [0.3, 0.4) is 0 Å². The van der Waals surface area contributed by atoms with E-state index in [0.29, 0.717) is 11.6 Å². The lowest BCUT2D eigenvalue weighted by Crippen LogP contribution is -2.59. The average Bonchev–Trinajstić information content (AvgIpc) is 2.81. The van der Waals surface area contributed by atoms with E-state index in [0.717, 1.165) is 0 Å². The van der Waals surface area contributed by atoms with Crippen LogP contribution in [0.1, 0.15) is 64.7 Å². The fourth-order valence-corrected chi connectivity index (χ4v) is 3.83. The van der Waals surface area contributed by atoms with Gasteiger partial charge in [-0.3, -0.25) is 4.90 Å². The molecule has 0 spiro atoms. The standard InChI is InChI=1S/C14H28N2/c1-2-8-13(15)14(9-4-5-10-14)16-11-6-3-7-12-16/h13H,2-12,15H2,1H3. The predicted octanol–water partition coefficient (Wildman–Crippen LogP) is 2.91. The molecule has 0 bridgehead atoms. The van der Waals surface area contributed by atoms with Gasteiger partial charge in [0.15, 0.2) is 0 Å². The molecule has 1 atom stereocenters. The highest BCUT2D eigenvalue weighted by molar-refractivity contribution is 5.02. The molecule has 1 aliphatic heterocycles. The zero-order valence-corrected chi connectivity index (χ0v) is 10.9. The first-order valence-corrected chi connectivity index (χ1v) is 7.30. The van der Waals surface area contributed by atoms with E-state index in [1.165, 1.54) is 70.9 Å². The molecular weight excluding hydrogens is 196 g/mol. The lowest BCUT2D eigenvalue weighted by Gasteiger charge is -2.47. The number of nitrogens with two attached hydrogens (primary N) is 1. The highest BCUT2D eigenvalue weighted by Gasteiger charge is 2.43. The maximum Gasteiger partial charge on any atom is 0.0360 e. The minimum Gasteiger partial charge on any atom is -0.326 e. The lowest BCUT2D eigenvalue weighted by molar-refractivity contribution is 0.0456. The number of piperidine rings is 1. The topological polar surface area (TPSA) is 29.3 Å². The fraction of sp³-hybridized carbons (Fsp3) is 1.00. The third-order valence-corrected chi connectivity index (χ3v) is 4.75. The van der Waals surface area contributed by atoms with Gasteiger partial charge in [0.05, 0.1) is 0 Å². The molecule has 94 valence electrons. The zero-order chi connectivity index (χ0) is 11.4. The summed E-state index contributed by atoms with van der Waals surface area (Å²) in [6.45, 7) is 4.87. The molecule has 0 amide bonds. The summed E-state index contributed by atoms with van der Waals surface area (Å²) >= 11 is 0. The first-order chi connectivity index (χ1) is 7.79. The summed E-state index contributed by atoms with van der Waals surface area (Å²) in [5.41, 5.74) is 6.90. The van der Waals surface area contributed by atoms with Crippen LogP contribution in [0.5, 0.6) is 0 Å². The third-order valence-electron chi connectivity index (χ3n) is 4.75. The van der Waals surface area contributed by atoms with Crippen LogP contribution >= 0.6 is 0 Å². The van der Waals surface area contributed by atoms with Crippen molar-refractivity contribution in [2.45, 2.75) is 76.3 Å². The predicted molar refractivity (Wildman–Crippen MR) is 69.5 cm³/mol. The second-order valence-electron chi connectivity index (χ2n) is 5.75. The van der Waals surface area contributed by atoms with Gasteiger partial charge in [-0.2, -0.15) is 0 Å². The molecule has 2 heteroatoms. The molecule has 1 unspecified atom stereocenters. The van der Waals surface area contributed by atoms with Gasteiger partial charge >= 0.3 is 0 Å². The van der Waals surface area contributed by atoms with Crippen LogP contribution in [0, 0.1) is 0 Å². The Hall–Kier alpha value is -0.0800. The van der Waals surface area contributed by atoms with Crippen LogP contribution in [-0.2, 0) is 0 Å². The van der Waals surface area contributed by atoms with E-state index >= 15 is 0 Å². The number of hydrogen-bond donors (Lipinski definition) is 1. The van der Waals surface area contributed by atoms with Gasteiger partial charge in [-0.15, -0.1) is 0 Å². The van der Waals surface area contributed by atoms with Gasteiger partial charge in [0.25, 0.3) is 0 Å². The maximum absolute atomic E-state index is 6.51. The average molecular weight is 224 g/mol. The van der Waals surface area contributed by atoms with Crippen molar-refractivity contribution in [3.63, 3.8) is 0 Å². The van der Waals surface area contributed by atoms with Gasteiger partial charge in [-0.05, 0) is 45.2 Å². The van der Waals surface area contributed by atoms with Gasteiger partial charge in [0, 0.05) is 11.6 Å². The minimum atomic E-state index is 0.385. The second kappa shape index (κ2) is 5.50. The molecule has 16 heavy (non-hydrogen) atoms. The molecular formula is C14H28N2. The molecule has 0 aromatic rings. The SMILES string of the molecule is CCCC(N)C1(N2CCCCC2)CCCC1. The number of rotatable bonds is 4. The van der Waals surface area contributed by atoms with E-state index in [9.17, 15) is 0 Å². The van der Waals surface area contributed by atoms with Crippen molar-refractivity contribution < 1.29 is 0 Å². The Morgan fingerprint density at radius 3 is 2.25 bits per heavy atom. The molecule has 2 aliphatic rings. The zero-order valence-electron chi connectivity index (χ0n) is 10.9. The Morgan fingerprint density at radius 2 is 1.69 bits per heavy atom. The van der Waals surface area contributed by atoms with Crippen LogP contribution in [0.4, 0.5) is 0 Å². The van der Waals surface area contributed by atoms with Gasteiger partial charge in [-0.1, -0.05) is 32.6 Å². The third kappa shape index (κ3) is 2.28. The molecule has 2 fully saturated rings. The van der Waals surface area contributed by atoms with Crippen molar-refractivity contribution in [2.75, 3.05) is 13.1 Å². The highest BCUT2D eigenvalue weighted by atomic mass is 15.2. The summed E-state index contributed by atoms with van der Waals surface area (Å²) in [6, 6.07) is 0.415. The molecule has 0 aromatic heterocycles. The van der Waals surface area contributed by atoms with Crippen LogP contribution in [0.2, 0.25) is 0 Å². The lowest BCUT2D eigenvalue weighted by atomic mass is 9.83. The molecule has 0 aromatic carbocycles. The molecule has 1 saturated heterocycles. The van der Waals surface area contributed by atoms with Crippen LogP contribution < -0.4 is 5.73 Å². The van der Waals surface area contributed by atoms with Gasteiger partial charge in [0.2, 0.25) is 0 Å². The van der Waals surface area contributed by atoms with E-state index < -0.39 is 0 Å². The summed E-state index contributed by atoms with van der Waals surface area (Å²) in [4.78, 5) is 2.75. The summed E-state index contributed by atoms with van der Waals surface area (Å²) < 4.78 is 0. The molecule has 1 saturated carbocycles. The van der Waals surface area contributed by atoms with Crippen molar-refractivity contribution >= 4 is 0 Å². The summed E-state index contributed by atoms with van der Waals surface area (Å²) in [7, 11) is 0. The Balaban J connectivity index is 2.07. The summed E-state index contributed by atoms with van der Waals surface area (Å²) in [6.07, 6.45) is 12.1. The minimum absolute atomic E-state index is 0.385. The normalized spacial score (nSPS) is 28.1. The Bertz CT molecular complexity index is 203. The number of hydrogen-bond acceptors (Lipinski definition) is 2. The van der Waals surface area contributed by atoms with Crippen LogP contribution in [-0.4, -0.2) is 29.6 Å². The van der Waals surface area contributed by atoms with Crippen molar-refractivity contribution in [1.29, 1.82) is 0 Å². The Kier molecular flexibility index (Phi) is 4.26.